The first kappa shape index (κ1) is 12.9. The second kappa shape index (κ2) is 4.21. The summed E-state index contributed by atoms with van der Waals surface area (Å²) in [5.74, 6) is 2.44. The van der Waals surface area contributed by atoms with Crippen molar-refractivity contribution in [2.75, 3.05) is 6.61 Å². The quantitative estimate of drug-likeness (QED) is 0.736. The van der Waals surface area contributed by atoms with Crippen molar-refractivity contribution >= 4 is 0 Å². The van der Waals surface area contributed by atoms with E-state index in [1.807, 2.05) is 0 Å². The van der Waals surface area contributed by atoms with E-state index in [2.05, 4.69) is 27.7 Å². The molecule has 0 radical (unpaired) electrons. The number of hydrogen-bond donors (Lipinski definition) is 0. The van der Waals surface area contributed by atoms with Gasteiger partial charge in [0, 0.05) is 13.0 Å². The Balaban J connectivity index is 1.63. The summed E-state index contributed by atoms with van der Waals surface area (Å²) in [6, 6.07) is 0. The van der Waals surface area contributed by atoms with Gasteiger partial charge in [-0.15, -0.1) is 0 Å². The lowest BCUT2D eigenvalue weighted by Crippen LogP contribution is -2.27. The van der Waals surface area contributed by atoms with Gasteiger partial charge in [-0.25, -0.2) is 0 Å². The second-order valence-corrected chi connectivity index (χ2v) is 7.66. The zero-order valence-corrected chi connectivity index (χ0v) is 12.4. The topological polar surface area (TPSA) is 18.5 Å². The van der Waals surface area contributed by atoms with E-state index in [4.69, 9.17) is 9.47 Å². The molecule has 2 aliphatic carbocycles. The van der Waals surface area contributed by atoms with Crippen molar-refractivity contribution in [3.8, 4) is 0 Å². The highest BCUT2D eigenvalue weighted by Gasteiger charge is 2.71. The lowest BCUT2D eigenvalue weighted by atomic mass is 10.0. The van der Waals surface area contributed by atoms with E-state index in [-0.39, 0.29) is 11.9 Å². The smallest absolute Gasteiger partial charge is 0.158 e. The fourth-order valence-corrected chi connectivity index (χ4v) is 4.26. The van der Waals surface area contributed by atoms with Gasteiger partial charge in [-0.2, -0.15) is 0 Å². The number of ether oxygens (including phenoxy) is 2. The van der Waals surface area contributed by atoms with E-state index in [0.29, 0.717) is 5.41 Å². The summed E-state index contributed by atoms with van der Waals surface area (Å²) < 4.78 is 12.0. The molecule has 3 rings (SSSR count). The van der Waals surface area contributed by atoms with Gasteiger partial charge in [-0.1, -0.05) is 27.7 Å². The maximum absolute atomic E-state index is 6.36. The molecule has 3 unspecified atom stereocenters. The Morgan fingerprint density at radius 3 is 2.50 bits per heavy atom. The lowest BCUT2D eigenvalue weighted by molar-refractivity contribution is -0.164. The fraction of sp³-hybridized carbons (Fsp3) is 1.00. The Bertz CT molecular complexity index is 311. The minimum atomic E-state index is 0.101. The Morgan fingerprint density at radius 2 is 2.00 bits per heavy atom. The molecule has 3 atom stereocenters. The molecule has 0 amide bonds. The summed E-state index contributed by atoms with van der Waals surface area (Å²) in [5.41, 5.74) is 0.678. The Kier molecular flexibility index (Phi) is 3.02. The molecule has 0 aromatic heterocycles. The van der Waals surface area contributed by atoms with Crippen LogP contribution in [0.25, 0.3) is 0 Å². The zero-order valence-electron chi connectivity index (χ0n) is 12.4. The summed E-state index contributed by atoms with van der Waals surface area (Å²) in [6.45, 7) is 10.4. The third-order valence-corrected chi connectivity index (χ3v) is 5.34. The van der Waals surface area contributed by atoms with E-state index in [1.54, 1.807) is 0 Å². The van der Waals surface area contributed by atoms with Gasteiger partial charge < -0.3 is 9.47 Å². The van der Waals surface area contributed by atoms with Crippen molar-refractivity contribution < 1.29 is 9.47 Å². The maximum Gasteiger partial charge on any atom is 0.158 e. The molecule has 0 spiro atoms. The van der Waals surface area contributed by atoms with Crippen LogP contribution in [0.3, 0.4) is 0 Å². The van der Waals surface area contributed by atoms with Crippen LogP contribution in [0.4, 0.5) is 0 Å². The Morgan fingerprint density at radius 1 is 1.28 bits per heavy atom. The van der Waals surface area contributed by atoms with Crippen molar-refractivity contribution in [3.63, 3.8) is 0 Å². The van der Waals surface area contributed by atoms with Crippen LogP contribution in [-0.2, 0) is 9.47 Å². The molecule has 3 fully saturated rings. The summed E-state index contributed by atoms with van der Waals surface area (Å²) in [4.78, 5) is 0. The fourth-order valence-electron chi connectivity index (χ4n) is 4.26. The monoisotopic (exact) mass is 252 g/mol. The molecule has 0 aromatic rings. The largest absolute Gasteiger partial charge is 0.353 e. The van der Waals surface area contributed by atoms with Crippen molar-refractivity contribution in [1.82, 2.24) is 0 Å². The predicted octanol–water partition coefficient (Wildman–Crippen LogP) is 3.99. The third kappa shape index (κ3) is 2.12. The molecule has 3 aliphatic rings. The minimum absolute atomic E-state index is 0.101. The van der Waals surface area contributed by atoms with E-state index >= 15 is 0 Å². The normalized spacial score (nSPS) is 40.2. The van der Waals surface area contributed by atoms with Crippen LogP contribution < -0.4 is 0 Å². The number of hydrogen-bond acceptors (Lipinski definition) is 2. The summed E-state index contributed by atoms with van der Waals surface area (Å²) >= 11 is 0. The van der Waals surface area contributed by atoms with Crippen LogP contribution in [0.2, 0.25) is 0 Å². The highest BCUT2D eigenvalue weighted by atomic mass is 16.7. The van der Waals surface area contributed by atoms with Gasteiger partial charge in [0.15, 0.2) is 6.29 Å². The first-order valence-electron chi connectivity index (χ1n) is 7.75. The molecule has 1 heterocycles. The summed E-state index contributed by atoms with van der Waals surface area (Å²) in [6.07, 6.45) is 6.25. The molecule has 0 N–H and O–H groups in total. The zero-order chi connectivity index (χ0) is 13.0. The molecular weight excluding hydrogens is 224 g/mol. The third-order valence-electron chi connectivity index (χ3n) is 5.34. The second-order valence-electron chi connectivity index (χ2n) is 7.66. The van der Waals surface area contributed by atoms with Gasteiger partial charge in [0.05, 0.1) is 5.60 Å². The minimum Gasteiger partial charge on any atom is -0.353 e. The van der Waals surface area contributed by atoms with Crippen molar-refractivity contribution in [2.24, 2.45) is 23.2 Å². The molecule has 18 heavy (non-hydrogen) atoms. The van der Waals surface area contributed by atoms with Gasteiger partial charge in [0.25, 0.3) is 0 Å². The Labute approximate surface area is 111 Å². The van der Waals surface area contributed by atoms with Crippen LogP contribution in [0.1, 0.15) is 59.8 Å². The van der Waals surface area contributed by atoms with Crippen molar-refractivity contribution in [2.45, 2.75) is 71.7 Å². The van der Waals surface area contributed by atoms with Crippen molar-refractivity contribution in [1.29, 1.82) is 0 Å². The highest BCUT2D eigenvalue weighted by Crippen LogP contribution is 2.72. The molecule has 2 saturated carbocycles. The van der Waals surface area contributed by atoms with Gasteiger partial charge >= 0.3 is 0 Å². The van der Waals surface area contributed by atoms with E-state index in [1.165, 1.54) is 25.7 Å². The van der Waals surface area contributed by atoms with Gasteiger partial charge in [-0.3, -0.25) is 0 Å². The summed E-state index contributed by atoms with van der Waals surface area (Å²) in [7, 11) is 0. The molecule has 0 aromatic carbocycles. The Hall–Kier alpha value is -0.0800. The average molecular weight is 252 g/mol. The molecule has 104 valence electrons. The van der Waals surface area contributed by atoms with E-state index in [0.717, 1.165) is 30.8 Å². The molecule has 1 saturated heterocycles. The highest BCUT2D eigenvalue weighted by molar-refractivity contribution is 5.20. The first-order chi connectivity index (χ1) is 8.46. The SMILES string of the molecule is CC(C)CC1C(C2(OC3CCCO3)CC2)C1(C)C. The van der Waals surface area contributed by atoms with E-state index in [9.17, 15) is 0 Å². The predicted molar refractivity (Wildman–Crippen MR) is 72.2 cm³/mol. The van der Waals surface area contributed by atoms with Gasteiger partial charge in [0.2, 0.25) is 0 Å². The van der Waals surface area contributed by atoms with Crippen LogP contribution in [0.5, 0.6) is 0 Å². The van der Waals surface area contributed by atoms with E-state index < -0.39 is 0 Å². The molecule has 0 bridgehead atoms. The lowest BCUT2D eigenvalue weighted by Gasteiger charge is -2.22. The van der Waals surface area contributed by atoms with Crippen molar-refractivity contribution in [3.05, 3.63) is 0 Å². The standard InChI is InChI=1S/C16H28O2/c1-11(2)10-12-14(15(12,3)4)16(7-8-16)18-13-6-5-9-17-13/h11-14H,5-10H2,1-4H3. The molecule has 2 nitrogen and oxygen atoms in total. The molecule has 1 aliphatic heterocycles. The molecular formula is C16H28O2. The van der Waals surface area contributed by atoms with Crippen LogP contribution in [0.15, 0.2) is 0 Å². The van der Waals surface area contributed by atoms with Gasteiger partial charge in [-0.05, 0) is 48.9 Å². The average Bonchev–Trinajstić information content (AvgIpc) is 3.03. The van der Waals surface area contributed by atoms with Crippen LogP contribution in [-0.4, -0.2) is 18.5 Å². The van der Waals surface area contributed by atoms with Crippen LogP contribution >= 0.6 is 0 Å². The van der Waals surface area contributed by atoms with Gasteiger partial charge in [0.1, 0.15) is 0 Å². The molecule has 2 heteroatoms. The first-order valence-corrected chi connectivity index (χ1v) is 7.75. The maximum atomic E-state index is 6.36. The summed E-state index contributed by atoms with van der Waals surface area (Å²) in [5, 5.41) is 0. The van der Waals surface area contributed by atoms with Crippen LogP contribution in [0, 0.1) is 23.2 Å². The number of rotatable bonds is 5.